The normalized spacial score (nSPS) is 16.7. The van der Waals surface area contributed by atoms with Crippen molar-refractivity contribution in [1.82, 2.24) is 4.98 Å². The average Bonchev–Trinajstić information content (AvgIpc) is 3.44. The van der Waals surface area contributed by atoms with E-state index in [2.05, 4.69) is 26.0 Å². The molecule has 1 atom stereocenters. The van der Waals surface area contributed by atoms with Gasteiger partial charge in [-0.25, -0.2) is 4.98 Å². The fourth-order valence-corrected chi connectivity index (χ4v) is 5.08. The lowest BCUT2D eigenvalue weighted by Gasteiger charge is -2.22. The van der Waals surface area contributed by atoms with E-state index in [1.165, 1.54) is 5.56 Å². The summed E-state index contributed by atoms with van der Waals surface area (Å²) in [5.74, 6) is 0.154. The molecular weight excluding hydrogens is 384 g/mol. The molecule has 3 heterocycles. The zero-order chi connectivity index (χ0) is 20.0. The van der Waals surface area contributed by atoms with Crippen LogP contribution in [0.15, 0.2) is 46.9 Å². The molecule has 0 radical (unpaired) electrons. The van der Waals surface area contributed by atoms with Gasteiger partial charge < -0.3 is 9.15 Å². The predicted octanol–water partition coefficient (Wildman–Crippen LogP) is 5.49. The number of rotatable bonds is 4. The lowest BCUT2D eigenvalue weighted by molar-refractivity contribution is 0.0896. The molecule has 0 unspecified atom stereocenters. The van der Waals surface area contributed by atoms with Crippen molar-refractivity contribution < 1.29 is 13.9 Å². The second kappa shape index (κ2) is 7.28. The van der Waals surface area contributed by atoms with Crippen LogP contribution in [0.1, 0.15) is 34.5 Å². The third-order valence-electron chi connectivity index (χ3n) is 5.34. The van der Waals surface area contributed by atoms with Crippen LogP contribution in [0.3, 0.4) is 0 Å². The quantitative estimate of drug-likeness (QED) is 0.450. The number of hydrogen-bond acceptors (Lipinski definition) is 5. The highest BCUT2D eigenvalue weighted by molar-refractivity contribution is 7.22. The number of anilines is 1. The van der Waals surface area contributed by atoms with E-state index < -0.39 is 0 Å². The van der Waals surface area contributed by atoms with Gasteiger partial charge in [-0.2, -0.15) is 0 Å². The Morgan fingerprint density at radius 3 is 2.90 bits per heavy atom. The van der Waals surface area contributed by atoms with Crippen molar-refractivity contribution in [2.24, 2.45) is 0 Å². The summed E-state index contributed by atoms with van der Waals surface area (Å²) in [6.45, 7) is 5.36. The van der Waals surface area contributed by atoms with Crippen LogP contribution in [0.25, 0.3) is 21.2 Å². The Balaban J connectivity index is 1.57. The predicted molar refractivity (Wildman–Crippen MR) is 116 cm³/mol. The molecule has 2 aromatic heterocycles. The van der Waals surface area contributed by atoms with Crippen LogP contribution in [0.2, 0.25) is 0 Å². The first-order valence-corrected chi connectivity index (χ1v) is 10.7. The minimum Gasteiger partial charge on any atom is -0.451 e. The van der Waals surface area contributed by atoms with Crippen LogP contribution in [0.4, 0.5) is 5.13 Å². The van der Waals surface area contributed by atoms with E-state index in [9.17, 15) is 4.79 Å². The van der Waals surface area contributed by atoms with E-state index in [-0.39, 0.29) is 12.0 Å². The number of benzene rings is 2. The van der Waals surface area contributed by atoms with Crippen molar-refractivity contribution in [3.8, 4) is 0 Å². The number of amides is 1. The van der Waals surface area contributed by atoms with E-state index in [4.69, 9.17) is 14.1 Å². The standard InChI is InChI=1S/C23H22N2O3S/c1-14-10-15(2)21-20(11-14)29-23(24-21)25(13-17-7-5-9-27-17)22(26)19-12-16-6-3-4-8-18(16)28-19/h3-4,6,8,10-12,17H,5,7,9,13H2,1-2H3/t17-/m0/s1. The first-order chi connectivity index (χ1) is 14.1. The Kier molecular flexibility index (Phi) is 4.60. The molecule has 1 aliphatic heterocycles. The van der Waals surface area contributed by atoms with Crippen LogP contribution >= 0.6 is 11.3 Å². The minimum atomic E-state index is -0.176. The van der Waals surface area contributed by atoms with Gasteiger partial charge in [-0.05, 0) is 56.0 Å². The van der Waals surface area contributed by atoms with Gasteiger partial charge in [0, 0.05) is 12.0 Å². The third-order valence-corrected chi connectivity index (χ3v) is 6.37. The number of hydrogen-bond donors (Lipinski definition) is 0. The largest absolute Gasteiger partial charge is 0.451 e. The van der Waals surface area contributed by atoms with Crippen molar-refractivity contribution in [2.75, 3.05) is 18.1 Å². The maximum absolute atomic E-state index is 13.5. The number of aryl methyl sites for hydroxylation is 2. The van der Waals surface area contributed by atoms with Crippen molar-refractivity contribution in [3.63, 3.8) is 0 Å². The van der Waals surface area contributed by atoms with E-state index in [0.29, 0.717) is 23.0 Å². The lowest BCUT2D eigenvalue weighted by Crippen LogP contribution is -2.37. The number of nitrogens with zero attached hydrogens (tertiary/aromatic N) is 2. The molecule has 1 amide bonds. The second-order valence-corrected chi connectivity index (χ2v) is 8.63. The number of thiazole rings is 1. The van der Waals surface area contributed by atoms with Crippen molar-refractivity contribution in [2.45, 2.75) is 32.8 Å². The van der Waals surface area contributed by atoms with Crippen LogP contribution < -0.4 is 4.90 Å². The second-order valence-electron chi connectivity index (χ2n) is 7.62. The van der Waals surface area contributed by atoms with Gasteiger partial charge in [-0.1, -0.05) is 35.6 Å². The molecule has 5 rings (SSSR count). The van der Waals surface area contributed by atoms with Crippen LogP contribution in [0, 0.1) is 13.8 Å². The molecular formula is C23H22N2O3S. The highest BCUT2D eigenvalue weighted by Crippen LogP contribution is 2.33. The summed E-state index contributed by atoms with van der Waals surface area (Å²) < 4.78 is 12.8. The molecule has 148 valence electrons. The van der Waals surface area contributed by atoms with Crippen molar-refractivity contribution >= 4 is 43.6 Å². The van der Waals surface area contributed by atoms with E-state index in [0.717, 1.165) is 40.6 Å². The third kappa shape index (κ3) is 3.43. The Morgan fingerprint density at radius 1 is 1.24 bits per heavy atom. The molecule has 0 bridgehead atoms. The Morgan fingerprint density at radius 2 is 2.10 bits per heavy atom. The number of furan rings is 1. The summed E-state index contributed by atoms with van der Waals surface area (Å²) in [6, 6.07) is 13.7. The molecule has 6 heteroatoms. The van der Waals surface area contributed by atoms with Gasteiger partial charge in [0.05, 0.1) is 22.9 Å². The Hall–Kier alpha value is -2.70. The topological polar surface area (TPSA) is 55.6 Å². The fourth-order valence-electron chi connectivity index (χ4n) is 3.93. The smallest absolute Gasteiger partial charge is 0.295 e. The number of para-hydroxylation sites is 1. The average molecular weight is 407 g/mol. The number of carbonyl (C=O) groups excluding carboxylic acids is 1. The monoisotopic (exact) mass is 406 g/mol. The maximum Gasteiger partial charge on any atom is 0.295 e. The van der Waals surface area contributed by atoms with E-state index >= 15 is 0 Å². The minimum absolute atomic E-state index is 0.0261. The summed E-state index contributed by atoms with van der Waals surface area (Å²) in [7, 11) is 0. The first-order valence-electron chi connectivity index (χ1n) is 9.88. The number of ether oxygens (including phenoxy) is 1. The summed E-state index contributed by atoms with van der Waals surface area (Å²) >= 11 is 1.54. The molecule has 29 heavy (non-hydrogen) atoms. The number of fused-ring (bicyclic) bond motifs is 2. The molecule has 0 aliphatic carbocycles. The van der Waals surface area contributed by atoms with Gasteiger partial charge in [-0.15, -0.1) is 0 Å². The highest BCUT2D eigenvalue weighted by Gasteiger charge is 2.29. The van der Waals surface area contributed by atoms with Gasteiger partial charge >= 0.3 is 0 Å². The highest BCUT2D eigenvalue weighted by atomic mass is 32.1. The van der Waals surface area contributed by atoms with Gasteiger partial charge in [0.15, 0.2) is 10.9 Å². The molecule has 0 spiro atoms. The van der Waals surface area contributed by atoms with Gasteiger partial charge in [0.2, 0.25) is 0 Å². The summed E-state index contributed by atoms with van der Waals surface area (Å²) in [4.78, 5) is 20.0. The van der Waals surface area contributed by atoms with Gasteiger partial charge in [0.25, 0.3) is 5.91 Å². The Labute approximate surface area is 172 Å². The molecule has 0 saturated carbocycles. The van der Waals surface area contributed by atoms with Gasteiger partial charge in [-0.3, -0.25) is 9.69 Å². The molecule has 1 aliphatic rings. The van der Waals surface area contributed by atoms with Gasteiger partial charge in [0.1, 0.15) is 5.58 Å². The summed E-state index contributed by atoms with van der Waals surface area (Å²) in [6.07, 6.45) is 2.00. The number of carbonyl (C=O) groups is 1. The fraction of sp³-hybridized carbons (Fsp3) is 0.304. The molecule has 1 saturated heterocycles. The first kappa shape index (κ1) is 18.3. The zero-order valence-electron chi connectivity index (χ0n) is 16.5. The van der Waals surface area contributed by atoms with Crippen LogP contribution in [0.5, 0.6) is 0 Å². The van der Waals surface area contributed by atoms with Crippen molar-refractivity contribution in [3.05, 3.63) is 59.4 Å². The summed E-state index contributed by atoms with van der Waals surface area (Å²) in [5, 5.41) is 1.61. The molecule has 5 nitrogen and oxygen atoms in total. The van der Waals surface area contributed by atoms with Crippen LogP contribution in [-0.4, -0.2) is 30.1 Å². The van der Waals surface area contributed by atoms with Crippen LogP contribution in [-0.2, 0) is 4.74 Å². The number of aromatic nitrogens is 1. The maximum atomic E-state index is 13.5. The zero-order valence-corrected chi connectivity index (χ0v) is 17.3. The summed E-state index contributed by atoms with van der Waals surface area (Å²) in [5.41, 5.74) is 3.98. The molecule has 0 N–H and O–H groups in total. The Bertz CT molecular complexity index is 1170. The SMILES string of the molecule is Cc1cc(C)c2nc(N(C[C@@H]3CCCO3)C(=O)c3cc4ccccc4o3)sc2c1. The molecule has 4 aromatic rings. The van der Waals surface area contributed by atoms with E-state index in [1.807, 2.05) is 30.3 Å². The molecule has 1 fully saturated rings. The lowest BCUT2D eigenvalue weighted by atomic mass is 10.1. The molecule has 2 aromatic carbocycles. The van der Waals surface area contributed by atoms with Crippen molar-refractivity contribution in [1.29, 1.82) is 0 Å². The van der Waals surface area contributed by atoms with E-state index in [1.54, 1.807) is 16.2 Å².